The predicted molar refractivity (Wildman–Crippen MR) is 129 cm³/mol. The van der Waals surface area contributed by atoms with Crippen molar-refractivity contribution < 1.29 is 22.4 Å². The molecule has 1 aromatic carbocycles. The number of alkyl halides is 3. The van der Waals surface area contributed by atoms with E-state index in [-0.39, 0.29) is 16.4 Å². The van der Waals surface area contributed by atoms with Gasteiger partial charge in [-0.1, -0.05) is 36.8 Å². The number of thiocarbonyl (C=S) groups is 1. The molecule has 0 saturated carbocycles. The van der Waals surface area contributed by atoms with Crippen molar-refractivity contribution in [1.82, 2.24) is 10.9 Å². The van der Waals surface area contributed by atoms with Crippen LogP contribution in [0.15, 0.2) is 107 Å². The number of carbonyl (C=O) groups is 1. The number of hydrogen-bond acceptors (Lipinski definition) is 3. The molecule has 0 fully saturated rings. The van der Waals surface area contributed by atoms with E-state index in [0.29, 0.717) is 5.76 Å². The summed E-state index contributed by atoms with van der Waals surface area (Å²) in [7, 11) is 0. The van der Waals surface area contributed by atoms with Crippen molar-refractivity contribution in [1.29, 1.82) is 0 Å². The summed E-state index contributed by atoms with van der Waals surface area (Å²) in [6.45, 7) is 14.4. The van der Waals surface area contributed by atoms with E-state index in [1.807, 2.05) is 0 Å². The summed E-state index contributed by atoms with van der Waals surface area (Å²) in [5.74, 6) is -0.116. The zero-order valence-electron chi connectivity index (χ0n) is 18.2. The van der Waals surface area contributed by atoms with Crippen molar-refractivity contribution in [3.05, 3.63) is 120 Å². The quantitative estimate of drug-likeness (QED) is 0.281. The lowest BCUT2D eigenvalue weighted by molar-refractivity contribution is -0.136. The molecule has 1 aromatic heterocycles. The van der Waals surface area contributed by atoms with Crippen molar-refractivity contribution in [3.8, 4) is 0 Å². The molecule has 0 aliphatic carbocycles. The van der Waals surface area contributed by atoms with E-state index in [1.54, 1.807) is 6.92 Å². The van der Waals surface area contributed by atoms with Gasteiger partial charge in [0.1, 0.15) is 5.76 Å². The van der Waals surface area contributed by atoms with Crippen LogP contribution in [0.25, 0.3) is 0 Å². The Balaban J connectivity index is 0.000000830. The number of aryl methyl sites for hydroxylation is 1. The number of carbonyl (C=O) groups excluding carboxylic acids is 1. The highest BCUT2D eigenvalue weighted by atomic mass is 32.1. The van der Waals surface area contributed by atoms with E-state index in [9.17, 15) is 18.0 Å². The molecule has 1 amide bonds. The van der Waals surface area contributed by atoms with Crippen LogP contribution in [0.1, 0.15) is 21.7 Å². The smallest absolute Gasteiger partial charge is 0.418 e. The number of amides is 1. The van der Waals surface area contributed by atoms with Crippen LogP contribution in [0.4, 0.5) is 18.9 Å². The van der Waals surface area contributed by atoms with Crippen LogP contribution in [0.3, 0.4) is 0 Å². The lowest BCUT2D eigenvalue weighted by Crippen LogP contribution is -2.44. The van der Waals surface area contributed by atoms with Crippen molar-refractivity contribution in [2.75, 3.05) is 5.32 Å². The Kier molecular flexibility index (Phi) is 13.9. The molecule has 0 bridgehead atoms. The largest absolute Gasteiger partial charge is 0.469 e. The monoisotopic (exact) mass is 483 g/mol. The fraction of sp³-hybridized carbons (Fsp3) is 0.0800. The number of hydrazine groups is 1. The molecule has 0 aliphatic heterocycles. The molecule has 5 nitrogen and oxygen atoms in total. The first-order valence-corrected chi connectivity index (χ1v) is 9.44. The van der Waals surface area contributed by atoms with Crippen molar-refractivity contribution in [2.45, 2.75) is 13.1 Å². The number of rotatable bonds is 2. The Hall–Kier alpha value is -4.61. The van der Waals surface area contributed by atoms with E-state index < -0.39 is 17.6 Å². The molecule has 174 valence electrons. The molecule has 0 aliphatic rings. The number of benzene rings is 1. The van der Waals surface area contributed by atoms with Gasteiger partial charge < -0.3 is 9.73 Å². The van der Waals surface area contributed by atoms with Crippen LogP contribution >= 0.6 is 12.2 Å². The maximum Gasteiger partial charge on any atom is 0.418 e. The van der Waals surface area contributed by atoms with Crippen LogP contribution in [-0.4, -0.2) is 11.0 Å². The molecule has 9 heteroatoms. The summed E-state index contributed by atoms with van der Waals surface area (Å²) in [6, 6.07) is 6.33. The highest BCUT2D eigenvalue weighted by Gasteiger charge is 2.33. The topological polar surface area (TPSA) is 66.3 Å². The van der Waals surface area contributed by atoms with Gasteiger partial charge in [-0.2, -0.15) is 13.2 Å². The maximum atomic E-state index is 12.9. The fourth-order valence-electron chi connectivity index (χ4n) is 1.95. The van der Waals surface area contributed by atoms with E-state index in [2.05, 4.69) is 82.6 Å². The normalized spacial score (nSPS) is 8.47. The Morgan fingerprint density at radius 1 is 0.971 bits per heavy atom. The first-order chi connectivity index (χ1) is 16.1. The molecule has 2 rings (SSSR count). The third kappa shape index (κ3) is 11.7. The third-order valence-corrected chi connectivity index (χ3v) is 3.44. The lowest BCUT2D eigenvalue weighted by atomic mass is 10.2. The highest BCUT2D eigenvalue weighted by Crippen LogP contribution is 2.34. The molecule has 2 aromatic rings. The van der Waals surface area contributed by atoms with E-state index in [1.165, 1.54) is 30.5 Å². The summed E-state index contributed by atoms with van der Waals surface area (Å²) in [5.41, 5.74) is 20.6. The molecule has 0 radical (unpaired) electrons. The summed E-state index contributed by atoms with van der Waals surface area (Å²) in [4.78, 5) is 11.8. The van der Waals surface area contributed by atoms with Gasteiger partial charge in [0.25, 0.3) is 5.91 Å². The highest BCUT2D eigenvalue weighted by molar-refractivity contribution is 7.80. The van der Waals surface area contributed by atoms with Gasteiger partial charge in [-0.15, -0.1) is 5.73 Å². The van der Waals surface area contributed by atoms with Crippen LogP contribution in [-0.2, 0) is 6.18 Å². The molecule has 34 heavy (non-hydrogen) atoms. The minimum absolute atomic E-state index is 0.184. The molecular formula is C25H20F3N3O2S. The molecule has 1 heterocycles. The Bertz CT molecular complexity index is 1220. The number of halogens is 3. The third-order valence-electron chi connectivity index (χ3n) is 3.24. The van der Waals surface area contributed by atoms with Gasteiger partial charge in [0, 0.05) is 0 Å². The number of hydrogen-bond donors (Lipinski definition) is 3. The summed E-state index contributed by atoms with van der Waals surface area (Å²) in [5, 5.41) is 2.21. The Labute approximate surface area is 200 Å². The van der Waals surface area contributed by atoms with Gasteiger partial charge in [0.15, 0.2) is 5.11 Å². The van der Waals surface area contributed by atoms with Crippen LogP contribution < -0.4 is 16.2 Å². The number of anilines is 1. The second-order valence-corrected chi connectivity index (χ2v) is 5.98. The lowest BCUT2D eigenvalue weighted by Gasteiger charge is -2.16. The Morgan fingerprint density at radius 2 is 1.53 bits per heavy atom. The van der Waals surface area contributed by atoms with E-state index in [0.717, 1.165) is 6.07 Å². The predicted octanol–water partition coefficient (Wildman–Crippen LogP) is 5.93. The molecule has 0 spiro atoms. The molecular weight excluding hydrogens is 463 g/mol. The minimum Gasteiger partial charge on any atom is -0.469 e. The van der Waals surface area contributed by atoms with Crippen LogP contribution in [0.2, 0.25) is 0 Å². The van der Waals surface area contributed by atoms with E-state index >= 15 is 0 Å². The van der Waals surface area contributed by atoms with E-state index in [4.69, 9.17) is 16.6 Å². The molecule has 0 unspecified atom stereocenters. The van der Waals surface area contributed by atoms with Gasteiger partial charge in [0.05, 0.1) is 23.1 Å². The number of nitrogens with one attached hydrogen (secondary N) is 3. The van der Waals surface area contributed by atoms with Crippen LogP contribution in [0.5, 0.6) is 0 Å². The number of furan rings is 1. The molecule has 0 atom stereocenters. The Morgan fingerprint density at radius 3 is 2.00 bits per heavy atom. The average Bonchev–Trinajstić information content (AvgIpc) is 3.22. The van der Waals surface area contributed by atoms with Crippen LogP contribution in [0, 0.1) is 6.92 Å². The second-order valence-electron chi connectivity index (χ2n) is 5.57. The van der Waals surface area contributed by atoms with Gasteiger partial charge in [-0.3, -0.25) is 15.6 Å². The van der Waals surface area contributed by atoms with Gasteiger partial charge in [0.2, 0.25) is 0 Å². The summed E-state index contributed by atoms with van der Waals surface area (Å²) < 4.78 is 43.6. The molecule has 3 N–H and O–H groups in total. The van der Waals surface area contributed by atoms with Gasteiger partial charge in [-0.05, 0) is 73.4 Å². The second kappa shape index (κ2) is 16.1. The van der Waals surface area contributed by atoms with Gasteiger partial charge >= 0.3 is 6.18 Å². The van der Waals surface area contributed by atoms with Crippen molar-refractivity contribution in [2.24, 2.45) is 0 Å². The zero-order valence-corrected chi connectivity index (χ0v) is 19.0. The first-order valence-electron chi connectivity index (χ1n) is 9.03. The summed E-state index contributed by atoms with van der Waals surface area (Å²) in [6.07, 6.45) is -3.17. The fourth-order valence-corrected chi connectivity index (χ4v) is 2.11. The van der Waals surface area contributed by atoms with Crippen molar-refractivity contribution in [3.63, 3.8) is 0 Å². The minimum atomic E-state index is -4.52. The average molecular weight is 484 g/mol. The first kappa shape index (κ1) is 29.4. The zero-order chi connectivity index (χ0) is 26.0. The number of para-hydroxylation sites is 1. The standard InChI is InChI=1S/C14H12F3N3O2S.C8H4.C3H4/c1-8-9(6-7-22-8)12(21)19-20-13(23)18-11-5-3-2-4-10(11)14(15,16)17;1-3-5-7-8-6-4-2;1-3-2/h2-7H,1H3,(H,19,21)(H2,18,20,23);1-2H2;1-2H2. The summed E-state index contributed by atoms with van der Waals surface area (Å²) >= 11 is 4.87. The molecule has 0 saturated heterocycles. The van der Waals surface area contributed by atoms with Gasteiger partial charge in [-0.25, -0.2) is 0 Å². The SMILES string of the molecule is C=C=C.C=C=C=C=C=C=C=C.Cc1occc1C(=O)NNC(=S)Nc1ccccc1C(F)(F)F. The van der Waals surface area contributed by atoms with Crippen molar-refractivity contribution >= 4 is 28.9 Å². The maximum absolute atomic E-state index is 12.9.